The maximum absolute atomic E-state index is 6.28. The van der Waals surface area contributed by atoms with E-state index in [1.54, 1.807) is 0 Å². The second-order valence-corrected chi connectivity index (χ2v) is 5.89. The predicted octanol–water partition coefficient (Wildman–Crippen LogP) is 4.17. The van der Waals surface area contributed by atoms with E-state index in [1.165, 1.54) is 5.56 Å². The molecule has 0 aliphatic carbocycles. The van der Waals surface area contributed by atoms with Gasteiger partial charge in [0.1, 0.15) is 5.75 Å². The van der Waals surface area contributed by atoms with Gasteiger partial charge in [-0.2, -0.15) is 0 Å². The largest absolute Gasteiger partial charge is 0.493 e. The van der Waals surface area contributed by atoms with Gasteiger partial charge in [-0.05, 0) is 47.4 Å². The van der Waals surface area contributed by atoms with Gasteiger partial charge in [0.2, 0.25) is 0 Å². The average molecular weight is 308 g/mol. The molecule has 0 aromatic heterocycles. The first-order chi connectivity index (χ1) is 9.63. The maximum Gasteiger partial charge on any atom is 0.125 e. The Balaban J connectivity index is 1.86. The minimum atomic E-state index is -0.0981. The van der Waals surface area contributed by atoms with E-state index < -0.39 is 0 Å². The Morgan fingerprint density at radius 1 is 1.10 bits per heavy atom. The molecule has 0 saturated heterocycles. The molecular formula is C16H15Cl2NO. The van der Waals surface area contributed by atoms with Gasteiger partial charge in [-0.1, -0.05) is 35.3 Å². The first kappa shape index (κ1) is 13.7. The van der Waals surface area contributed by atoms with Crippen molar-refractivity contribution < 1.29 is 4.74 Å². The Morgan fingerprint density at radius 2 is 1.85 bits per heavy atom. The highest BCUT2D eigenvalue weighted by Gasteiger charge is 2.19. The number of nitrogens with two attached hydrogens (primary N) is 1. The van der Waals surface area contributed by atoms with Crippen LogP contribution in [0.4, 0.5) is 0 Å². The van der Waals surface area contributed by atoms with E-state index in [9.17, 15) is 0 Å². The third-order valence-electron chi connectivity index (χ3n) is 3.56. The zero-order valence-electron chi connectivity index (χ0n) is 10.9. The minimum absolute atomic E-state index is 0.0981. The summed E-state index contributed by atoms with van der Waals surface area (Å²) in [7, 11) is 0. The molecule has 1 atom stereocenters. The lowest BCUT2D eigenvalue weighted by Crippen LogP contribution is -2.13. The van der Waals surface area contributed by atoms with E-state index in [1.807, 2.05) is 36.4 Å². The zero-order valence-corrected chi connectivity index (χ0v) is 12.4. The van der Waals surface area contributed by atoms with E-state index in [2.05, 4.69) is 0 Å². The predicted molar refractivity (Wildman–Crippen MR) is 82.7 cm³/mol. The highest BCUT2D eigenvalue weighted by molar-refractivity contribution is 6.31. The first-order valence-electron chi connectivity index (χ1n) is 6.58. The van der Waals surface area contributed by atoms with Crippen molar-refractivity contribution >= 4 is 23.2 Å². The molecule has 1 aliphatic rings. The van der Waals surface area contributed by atoms with Crippen LogP contribution in [0.5, 0.6) is 5.75 Å². The number of halogens is 2. The Hall–Kier alpha value is -1.22. The standard InChI is InChI=1S/C16H15Cl2NO/c17-13-3-1-10(2-4-13)15(19)9-12-8-14(18)7-11-5-6-20-16(11)12/h1-4,7-8,15H,5-6,9,19H2. The molecule has 2 aromatic rings. The molecule has 1 heterocycles. The fourth-order valence-electron chi connectivity index (χ4n) is 2.56. The molecule has 2 nitrogen and oxygen atoms in total. The van der Waals surface area contributed by atoms with Crippen molar-refractivity contribution in [2.24, 2.45) is 5.73 Å². The van der Waals surface area contributed by atoms with Gasteiger partial charge in [0, 0.05) is 22.5 Å². The lowest BCUT2D eigenvalue weighted by molar-refractivity contribution is 0.352. The molecule has 0 radical (unpaired) electrons. The molecule has 0 fully saturated rings. The average Bonchev–Trinajstić information content (AvgIpc) is 2.87. The number of ether oxygens (including phenoxy) is 1. The number of benzene rings is 2. The molecule has 0 spiro atoms. The van der Waals surface area contributed by atoms with E-state index in [-0.39, 0.29) is 6.04 Å². The van der Waals surface area contributed by atoms with Gasteiger partial charge >= 0.3 is 0 Å². The van der Waals surface area contributed by atoms with Gasteiger partial charge in [-0.25, -0.2) is 0 Å². The van der Waals surface area contributed by atoms with E-state index >= 15 is 0 Å². The first-order valence-corrected chi connectivity index (χ1v) is 7.34. The molecule has 20 heavy (non-hydrogen) atoms. The summed E-state index contributed by atoms with van der Waals surface area (Å²) in [5.41, 5.74) is 9.59. The van der Waals surface area contributed by atoms with E-state index in [4.69, 9.17) is 33.7 Å². The number of hydrogen-bond donors (Lipinski definition) is 1. The Bertz CT molecular complexity index is 625. The lowest BCUT2D eigenvalue weighted by Gasteiger charge is -2.15. The molecule has 1 unspecified atom stereocenters. The summed E-state index contributed by atoms with van der Waals surface area (Å²) in [6.45, 7) is 0.721. The van der Waals surface area contributed by atoms with Crippen LogP contribution in [0.3, 0.4) is 0 Å². The zero-order chi connectivity index (χ0) is 14.1. The number of hydrogen-bond acceptors (Lipinski definition) is 2. The fraction of sp³-hybridized carbons (Fsp3) is 0.250. The summed E-state index contributed by atoms with van der Waals surface area (Å²) in [5.74, 6) is 0.957. The van der Waals surface area contributed by atoms with Crippen LogP contribution in [0.2, 0.25) is 10.0 Å². The second kappa shape index (κ2) is 5.65. The van der Waals surface area contributed by atoms with Crippen LogP contribution in [-0.4, -0.2) is 6.61 Å². The smallest absolute Gasteiger partial charge is 0.125 e. The van der Waals surface area contributed by atoms with Crippen molar-refractivity contribution in [1.82, 2.24) is 0 Å². The van der Waals surface area contributed by atoms with Gasteiger partial charge in [0.25, 0.3) is 0 Å². The molecular weight excluding hydrogens is 293 g/mol. The normalized spacial score (nSPS) is 14.8. The molecule has 1 aliphatic heterocycles. The monoisotopic (exact) mass is 307 g/mol. The van der Waals surface area contributed by atoms with Crippen molar-refractivity contribution in [3.8, 4) is 5.75 Å². The minimum Gasteiger partial charge on any atom is -0.493 e. The molecule has 0 bridgehead atoms. The SMILES string of the molecule is NC(Cc1cc(Cl)cc2c1OCC2)c1ccc(Cl)cc1. The molecule has 0 amide bonds. The quantitative estimate of drug-likeness (QED) is 0.923. The summed E-state index contributed by atoms with van der Waals surface area (Å²) in [6.07, 6.45) is 1.61. The molecule has 104 valence electrons. The Morgan fingerprint density at radius 3 is 2.60 bits per heavy atom. The van der Waals surface area contributed by atoms with Crippen LogP contribution < -0.4 is 10.5 Å². The molecule has 3 rings (SSSR count). The van der Waals surface area contributed by atoms with Gasteiger partial charge in [-0.3, -0.25) is 0 Å². The maximum atomic E-state index is 6.28. The lowest BCUT2D eigenvalue weighted by atomic mass is 9.97. The van der Waals surface area contributed by atoms with Crippen LogP contribution in [0.25, 0.3) is 0 Å². The molecule has 2 N–H and O–H groups in total. The highest BCUT2D eigenvalue weighted by atomic mass is 35.5. The van der Waals surface area contributed by atoms with Gasteiger partial charge in [0.05, 0.1) is 6.61 Å². The molecule has 2 aromatic carbocycles. The summed E-state index contributed by atoms with van der Waals surface area (Å²) in [6, 6.07) is 11.4. The van der Waals surface area contributed by atoms with E-state index in [0.29, 0.717) is 11.4 Å². The van der Waals surface area contributed by atoms with Crippen molar-refractivity contribution in [3.63, 3.8) is 0 Å². The topological polar surface area (TPSA) is 35.2 Å². The van der Waals surface area contributed by atoms with Crippen molar-refractivity contribution in [1.29, 1.82) is 0 Å². The number of rotatable bonds is 3. The van der Waals surface area contributed by atoms with Crippen LogP contribution >= 0.6 is 23.2 Å². The summed E-state index contributed by atoms with van der Waals surface area (Å²) >= 11 is 12.1. The van der Waals surface area contributed by atoms with Gasteiger partial charge in [-0.15, -0.1) is 0 Å². The molecule has 0 saturated carbocycles. The Kier molecular flexibility index (Phi) is 3.88. The summed E-state index contributed by atoms with van der Waals surface area (Å²) < 4.78 is 5.71. The van der Waals surface area contributed by atoms with Crippen molar-refractivity contribution in [3.05, 3.63) is 63.1 Å². The van der Waals surface area contributed by atoms with Crippen LogP contribution in [0, 0.1) is 0 Å². The van der Waals surface area contributed by atoms with Gasteiger partial charge < -0.3 is 10.5 Å². The van der Waals surface area contributed by atoms with Crippen LogP contribution in [-0.2, 0) is 12.8 Å². The van der Waals surface area contributed by atoms with Crippen LogP contribution in [0.15, 0.2) is 36.4 Å². The van der Waals surface area contributed by atoms with Crippen molar-refractivity contribution in [2.45, 2.75) is 18.9 Å². The number of fused-ring (bicyclic) bond motifs is 1. The van der Waals surface area contributed by atoms with Crippen LogP contribution in [0.1, 0.15) is 22.7 Å². The van der Waals surface area contributed by atoms with Gasteiger partial charge in [0.15, 0.2) is 0 Å². The molecule has 4 heteroatoms. The highest BCUT2D eigenvalue weighted by Crippen LogP contribution is 2.35. The Labute approximate surface area is 128 Å². The van der Waals surface area contributed by atoms with Crippen molar-refractivity contribution in [2.75, 3.05) is 6.61 Å². The summed E-state index contributed by atoms with van der Waals surface area (Å²) in [4.78, 5) is 0. The second-order valence-electron chi connectivity index (χ2n) is 5.01. The third-order valence-corrected chi connectivity index (χ3v) is 4.03. The third kappa shape index (κ3) is 2.78. The van der Waals surface area contributed by atoms with E-state index in [0.717, 1.165) is 34.9 Å². The fourth-order valence-corrected chi connectivity index (χ4v) is 2.95. The summed E-state index contributed by atoms with van der Waals surface area (Å²) in [5, 5.41) is 1.46.